The quantitative estimate of drug-likeness (QED) is 0.845. The van der Waals surface area contributed by atoms with E-state index in [0.29, 0.717) is 11.8 Å². The summed E-state index contributed by atoms with van der Waals surface area (Å²) in [6, 6.07) is 0. The summed E-state index contributed by atoms with van der Waals surface area (Å²) in [7, 11) is 0. The fourth-order valence-corrected chi connectivity index (χ4v) is 2.68. The first kappa shape index (κ1) is 15.1. The van der Waals surface area contributed by atoms with E-state index >= 15 is 0 Å². The van der Waals surface area contributed by atoms with Crippen LogP contribution in [-0.4, -0.2) is 55.0 Å². The summed E-state index contributed by atoms with van der Waals surface area (Å²) in [6.07, 6.45) is 6.79. The van der Waals surface area contributed by atoms with Gasteiger partial charge in [-0.25, -0.2) is 0 Å². The molecule has 4 heteroatoms. The minimum atomic E-state index is 0.198. The highest BCUT2D eigenvalue weighted by atomic mass is 16.2. The van der Waals surface area contributed by atoms with Gasteiger partial charge in [-0.1, -0.05) is 26.0 Å². The van der Waals surface area contributed by atoms with Gasteiger partial charge in [0.05, 0.1) is 0 Å². The molecule has 0 aromatic carbocycles. The Morgan fingerprint density at radius 2 is 1.95 bits per heavy atom. The Labute approximate surface area is 122 Å². The molecule has 1 N–H and O–H groups in total. The zero-order chi connectivity index (χ0) is 14.5. The van der Waals surface area contributed by atoms with E-state index in [2.05, 4.69) is 42.3 Å². The van der Waals surface area contributed by atoms with Crippen LogP contribution in [0.3, 0.4) is 0 Å². The second-order valence-electron chi connectivity index (χ2n) is 5.97. The lowest BCUT2D eigenvalue weighted by atomic mass is 9.91. The minimum absolute atomic E-state index is 0.198. The summed E-state index contributed by atoms with van der Waals surface area (Å²) in [6.45, 7) is 11.9. The highest BCUT2D eigenvalue weighted by molar-refractivity contribution is 5.73. The van der Waals surface area contributed by atoms with Gasteiger partial charge in [-0.2, -0.15) is 0 Å². The topological polar surface area (TPSA) is 35.6 Å². The zero-order valence-corrected chi connectivity index (χ0v) is 12.9. The van der Waals surface area contributed by atoms with Crippen LogP contribution in [0.2, 0.25) is 0 Å². The molecule has 4 nitrogen and oxygen atoms in total. The minimum Gasteiger partial charge on any atom is -0.384 e. The van der Waals surface area contributed by atoms with Crippen molar-refractivity contribution in [2.24, 2.45) is 11.8 Å². The van der Waals surface area contributed by atoms with Crippen molar-refractivity contribution in [3.63, 3.8) is 0 Å². The molecule has 1 heterocycles. The molecule has 20 heavy (non-hydrogen) atoms. The molecule has 2 unspecified atom stereocenters. The molecule has 1 saturated heterocycles. The van der Waals surface area contributed by atoms with E-state index in [-0.39, 0.29) is 5.91 Å². The smallest absolute Gasteiger partial charge is 0.219 e. The van der Waals surface area contributed by atoms with Crippen LogP contribution < -0.4 is 5.32 Å². The second kappa shape index (κ2) is 6.93. The number of amides is 1. The lowest BCUT2D eigenvalue weighted by molar-refractivity contribution is -0.130. The largest absolute Gasteiger partial charge is 0.384 e. The fourth-order valence-electron chi connectivity index (χ4n) is 2.68. The van der Waals surface area contributed by atoms with Crippen LogP contribution in [0.4, 0.5) is 0 Å². The highest BCUT2D eigenvalue weighted by Gasteiger charge is 2.18. The molecule has 0 aromatic rings. The molecule has 0 bridgehead atoms. The van der Waals surface area contributed by atoms with E-state index in [1.54, 1.807) is 6.92 Å². The summed E-state index contributed by atoms with van der Waals surface area (Å²) < 4.78 is 0. The van der Waals surface area contributed by atoms with Crippen molar-refractivity contribution in [3.8, 4) is 0 Å². The van der Waals surface area contributed by atoms with E-state index in [1.165, 1.54) is 5.70 Å². The van der Waals surface area contributed by atoms with E-state index in [9.17, 15) is 4.79 Å². The van der Waals surface area contributed by atoms with Gasteiger partial charge in [-0.3, -0.25) is 9.69 Å². The predicted molar refractivity (Wildman–Crippen MR) is 82.2 cm³/mol. The third kappa shape index (κ3) is 4.10. The Morgan fingerprint density at radius 1 is 1.25 bits per heavy atom. The van der Waals surface area contributed by atoms with Gasteiger partial charge in [-0.05, 0) is 17.9 Å². The first-order valence-corrected chi connectivity index (χ1v) is 7.68. The third-order valence-corrected chi connectivity index (χ3v) is 4.43. The molecule has 0 spiro atoms. The van der Waals surface area contributed by atoms with Gasteiger partial charge in [0.2, 0.25) is 5.91 Å². The van der Waals surface area contributed by atoms with Crippen molar-refractivity contribution in [3.05, 3.63) is 23.9 Å². The summed E-state index contributed by atoms with van der Waals surface area (Å²) in [5.74, 6) is 1.45. The molecule has 2 aliphatic rings. The van der Waals surface area contributed by atoms with E-state index in [0.717, 1.165) is 39.3 Å². The highest BCUT2D eigenvalue weighted by Crippen LogP contribution is 2.20. The Bertz CT molecular complexity index is 395. The normalized spacial score (nSPS) is 27.4. The first-order chi connectivity index (χ1) is 9.56. The average Bonchev–Trinajstić information content (AvgIpc) is 2.43. The molecule has 0 saturated carbocycles. The van der Waals surface area contributed by atoms with Gasteiger partial charge in [0, 0.05) is 51.9 Å². The molecule has 112 valence electrons. The van der Waals surface area contributed by atoms with Crippen LogP contribution in [0.25, 0.3) is 0 Å². The molecule has 1 fully saturated rings. The van der Waals surface area contributed by atoms with Gasteiger partial charge < -0.3 is 10.2 Å². The standard InChI is InChI=1S/C16H27N3O/c1-13-4-5-16(12-14(13)2)17-6-7-18-8-10-19(11-9-18)15(3)20/h4-5,12-14,17H,6-11H2,1-3H3. The van der Waals surface area contributed by atoms with Crippen molar-refractivity contribution in [2.75, 3.05) is 39.3 Å². The van der Waals surface area contributed by atoms with Gasteiger partial charge in [-0.15, -0.1) is 0 Å². The molecule has 0 aromatic heterocycles. The second-order valence-corrected chi connectivity index (χ2v) is 5.97. The van der Waals surface area contributed by atoms with Crippen LogP contribution >= 0.6 is 0 Å². The third-order valence-electron chi connectivity index (χ3n) is 4.43. The van der Waals surface area contributed by atoms with E-state index < -0.39 is 0 Å². The molecular weight excluding hydrogens is 250 g/mol. The number of allylic oxidation sites excluding steroid dienone is 3. The van der Waals surface area contributed by atoms with Crippen LogP contribution in [0.15, 0.2) is 23.9 Å². The maximum absolute atomic E-state index is 11.3. The summed E-state index contributed by atoms with van der Waals surface area (Å²) >= 11 is 0. The molecule has 1 amide bonds. The maximum Gasteiger partial charge on any atom is 0.219 e. The fraction of sp³-hybridized carbons (Fsp3) is 0.688. The van der Waals surface area contributed by atoms with Crippen molar-refractivity contribution in [2.45, 2.75) is 20.8 Å². The molecule has 0 radical (unpaired) electrons. The van der Waals surface area contributed by atoms with Crippen molar-refractivity contribution in [1.29, 1.82) is 0 Å². The average molecular weight is 277 g/mol. The number of nitrogens with zero attached hydrogens (tertiary/aromatic N) is 2. The number of piperazine rings is 1. The molecule has 2 rings (SSSR count). The molecule has 1 aliphatic heterocycles. The number of hydrogen-bond donors (Lipinski definition) is 1. The van der Waals surface area contributed by atoms with Crippen molar-refractivity contribution in [1.82, 2.24) is 15.1 Å². The van der Waals surface area contributed by atoms with Gasteiger partial charge in [0.25, 0.3) is 0 Å². The number of nitrogens with one attached hydrogen (secondary N) is 1. The Balaban J connectivity index is 1.66. The molecule has 2 atom stereocenters. The van der Waals surface area contributed by atoms with Crippen molar-refractivity contribution < 1.29 is 4.79 Å². The number of rotatable bonds is 4. The lowest BCUT2D eigenvalue weighted by Gasteiger charge is -2.34. The van der Waals surface area contributed by atoms with Gasteiger partial charge >= 0.3 is 0 Å². The van der Waals surface area contributed by atoms with Gasteiger partial charge in [0.1, 0.15) is 0 Å². The van der Waals surface area contributed by atoms with Crippen LogP contribution in [0.1, 0.15) is 20.8 Å². The first-order valence-electron chi connectivity index (χ1n) is 7.68. The maximum atomic E-state index is 11.3. The zero-order valence-electron chi connectivity index (χ0n) is 12.9. The SMILES string of the molecule is CC(=O)N1CCN(CCNC2=CC(C)C(C)C=C2)CC1. The Kier molecular flexibility index (Phi) is 5.24. The van der Waals surface area contributed by atoms with Gasteiger partial charge in [0.15, 0.2) is 0 Å². The van der Waals surface area contributed by atoms with E-state index in [1.807, 2.05) is 4.90 Å². The number of carbonyl (C=O) groups excluding carboxylic acids is 1. The Morgan fingerprint density at radius 3 is 2.55 bits per heavy atom. The van der Waals surface area contributed by atoms with Crippen LogP contribution in [0.5, 0.6) is 0 Å². The Hall–Kier alpha value is -1.29. The monoisotopic (exact) mass is 277 g/mol. The predicted octanol–water partition coefficient (Wildman–Crippen LogP) is 1.47. The van der Waals surface area contributed by atoms with E-state index in [4.69, 9.17) is 0 Å². The molecular formula is C16H27N3O. The molecule has 1 aliphatic carbocycles. The summed E-state index contributed by atoms with van der Waals surface area (Å²) in [4.78, 5) is 15.6. The van der Waals surface area contributed by atoms with Crippen LogP contribution in [0, 0.1) is 11.8 Å². The number of hydrogen-bond acceptors (Lipinski definition) is 3. The lowest BCUT2D eigenvalue weighted by Crippen LogP contribution is -2.49. The number of carbonyl (C=O) groups is 1. The van der Waals surface area contributed by atoms with Crippen molar-refractivity contribution >= 4 is 5.91 Å². The summed E-state index contributed by atoms with van der Waals surface area (Å²) in [5.41, 5.74) is 1.25. The van der Waals surface area contributed by atoms with Crippen LogP contribution in [-0.2, 0) is 4.79 Å². The summed E-state index contributed by atoms with van der Waals surface area (Å²) in [5, 5.41) is 3.51.